The van der Waals surface area contributed by atoms with Crippen molar-refractivity contribution in [3.05, 3.63) is 48.8 Å². The molecule has 1 aromatic heterocycles. The molecule has 2 N–H and O–H groups in total. The van der Waals surface area contributed by atoms with Crippen molar-refractivity contribution < 1.29 is 9.47 Å². The predicted octanol–water partition coefficient (Wildman–Crippen LogP) is 3.40. The molecule has 5 heteroatoms. The van der Waals surface area contributed by atoms with Crippen LogP contribution in [0.3, 0.4) is 0 Å². The molecule has 0 amide bonds. The van der Waals surface area contributed by atoms with Crippen molar-refractivity contribution in [2.75, 3.05) is 12.3 Å². The van der Waals surface area contributed by atoms with Gasteiger partial charge in [-0.2, -0.15) is 9.97 Å². The Bertz CT molecular complexity index is 769. The Hall–Kier alpha value is -2.82. The molecule has 0 spiro atoms. The van der Waals surface area contributed by atoms with Gasteiger partial charge >= 0.3 is 0 Å². The number of nitrogens with two attached hydrogens (primary N) is 1. The first-order chi connectivity index (χ1) is 10.3. The van der Waals surface area contributed by atoms with Gasteiger partial charge < -0.3 is 15.2 Å². The maximum Gasteiger partial charge on any atom is 0.249 e. The highest BCUT2D eigenvalue weighted by Gasteiger charge is 2.12. The fourth-order valence-corrected chi connectivity index (χ4v) is 2.09. The monoisotopic (exact) mass is 281 g/mol. The average molecular weight is 281 g/mol. The van der Waals surface area contributed by atoms with E-state index in [4.69, 9.17) is 15.2 Å². The van der Waals surface area contributed by atoms with Crippen LogP contribution in [0, 0.1) is 0 Å². The first kappa shape index (κ1) is 13.2. The van der Waals surface area contributed by atoms with Crippen LogP contribution in [0.4, 0.5) is 5.69 Å². The summed E-state index contributed by atoms with van der Waals surface area (Å²) in [6.07, 6.45) is 1.38. The summed E-state index contributed by atoms with van der Waals surface area (Å²) < 4.78 is 11.2. The molecular formula is C16H15N3O2. The number of nitrogen functional groups attached to an aromatic ring is 1. The summed E-state index contributed by atoms with van der Waals surface area (Å²) in [7, 11) is 0. The van der Waals surface area contributed by atoms with E-state index < -0.39 is 0 Å². The molecule has 2 aromatic carbocycles. The van der Waals surface area contributed by atoms with Gasteiger partial charge in [-0.05, 0) is 18.4 Å². The summed E-state index contributed by atoms with van der Waals surface area (Å²) in [6.45, 7) is 2.35. The van der Waals surface area contributed by atoms with Crippen molar-refractivity contribution in [1.29, 1.82) is 0 Å². The summed E-state index contributed by atoms with van der Waals surface area (Å²) in [5.74, 6) is 1.33. The average Bonchev–Trinajstić information content (AvgIpc) is 2.52. The Balaban J connectivity index is 2.01. The summed E-state index contributed by atoms with van der Waals surface area (Å²) in [5, 5.41) is 2.09. The molecular weight excluding hydrogens is 266 g/mol. The van der Waals surface area contributed by atoms with Crippen LogP contribution < -0.4 is 15.2 Å². The normalized spacial score (nSPS) is 10.5. The van der Waals surface area contributed by atoms with Crippen molar-refractivity contribution in [1.82, 2.24) is 9.97 Å². The van der Waals surface area contributed by atoms with E-state index in [1.807, 2.05) is 49.4 Å². The molecule has 0 aliphatic heterocycles. The minimum absolute atomic E-state index is 0.296. The quantitative estimate of drug-likeness (QED) is 0.793. The molecule has 0 saturated heterocycles. The van der Waals surface area contributed by atoms with Gasteiger partial charge in [0.05, 0.1) is 6.61 Å². The van der Waals surface area contributed by atoms with Gasteiger partial charge in [0.15, 0.2) is 5.69 Å². The third-order valence-corrected chi connectivity index (χ3v) is 3.05. The number of ether oxygens (including phenoxy) is 2. The van der Waals surface area contributed by atoms with Gasteiger partial charge in [0.25, 0.3) is 0 Å². The minimum atomic E-state index is 0.296. The van der Waals surface area contributed by atoms with Crippen LogP contribution >= 0.6 is 0 Å². The zero-order valence-corrected chi connectivity index (χ0v) is 11.6. The van der Waals surface area contributed by atoms with Crippen molar-refractivity contribution in [2.45, 2.75) is 6.92 Å². The topological polar surface area (TPSA) is 70.3 Å². The highest BCUT2D eigenvalue weighted by atomic mass is 16.5. The number of rotatable bonds is 4. The Kier molecular flexibility index (Phi) is 3.55. The lowest BCUT2D eigenvalue weighted by atomic mass is 10.1. The van der Waals surface area contributed by atoms with E-state index >= 15 is 0 Å². The Morgan fingerprint density at radius 1 is 1.00 bits per heavy atom. The van der Waals surface area contributed by atoms with Crippen molar-refractivity contribution in [2.24, 2.45) is 0 Å². The third kappa shape index (κ3) is 2.58. The number of benzene rings is 2. The van der Waals surface area contributed by atoms with Gasteiger partial charge in [-0.25, -0.2) is 0 Å². The number of nitrogens with zero attached hydrogens (tertiary/aromatic N) is 2. The van der Waals surface area contributed by atoms with Gasteiger partial charge in [0.2, 0.25) is 11.8 Å². The number of anilines is 1. The fraction of sp³-hybridized carbons (Fsp3) is 0.125. The van der Waals surface area contributed by atoms with Gasteiger partial charge in [-0.1, -0.05) is 36.4 Å². The lowest BCUT2D eigenvalue weighted by Crippen LogP contribution is -2.03. The maximum atomic E-state index is 5.99. The first-order valence-electron chi connectivity index (χ1n) is 6.68. The smallest absolute Gasteiger partial charge is 0.249 e. The van der Waals surface area contributed by atoms with Gasteiger partial charge in [0, 0.05) is 5.39 Å². The summed E-state index contributed by atoms with van der Waals surface area (Å²) in [6, 6.07) is 13.8. The molecule has 0 fully saturated rings. The molecule has 0 saturated carbocycles. The molecule has 0 unspecified atom stereocenters. The second kappa shape index (κ2) is 5.66. The minimum Gasteiger partial charge on any atom is -0.476 e. The van der Waals surface area contributed by atoms with Crippen molar-refractivity contribution in [3.63, 3.8) is 0 Å². The molecule has 3 rings (SSSR count). The third-order valence-electron chi connectivity index (χ3n) is 3.05. The second-order valence-electron chi connectivity index (χ2n) is 4.41. The molecule has 106 valence electrons. The van der Waals surface area contributed by atoms with Gasteiger partial charge in [0.1, 0.15) is 12.1 Å². The molecule has 21 heavy (non-hydrogen) atoms. The number of aromatic nitrogens is 2. The molecule has 0 aliphatic carbocycles. The van der Waals surface area contributed by atoms with Crippen molar-refractivity contribution >= 4 is 16.5 Å². The van der Waals surface area contributed by atoms with Crippen LogP contribution in [-0.2, 0) is 0 Å². The Morgan fingerprint density at radius 3 is 2.62 bits per heavy atom. The van der Waals surface area contributed by atoms with Gasteiger partial charge in [-0.15, -0.1) is 0 Å². The highest BCUT2D eigenvalue weighted by Crippen LogP contribution is 2.34. The number of hydrogen-bond acceptors (Lipinski definition) is 5. The van der Waals surface area contributed by atoms with E-state index in [0.717, 1.165) is 10.8 Å². The van der Waals surface area contributed by atoms with Crippen LogP contribution in [0.1, 0.15) is 6.92 Å². The van der Waals surface area contributed by atoms with E-state index in [0.29, 0.717) is 29.8 Å². The molecule has 1 heterocycles. The summed E-state index contributed by atoms with van der Waals surface area (Å²) in [5.41, 5.74) is 6.28. The maximum absolute atomic E-state index is 5.99. The van der Waals surface area contributed by atoms with Crippen LogP contribution in [0.5, 0.6) is 17.5 Å². The molecule has 5 nitrogen and oxygen atoms in total. The van der Waals surface area contributed by atoms with Gasteiger partial charge in [-0.3, -0.25) is 0 Å². The fourth-order valence-electron chi connectivity index (χ4n) is 2.09. The number of fused-ring (bicyclic) bond motifs is 1. The second-order valence-corrected chi connectivity index (χ2v) is 4.41. The Morgan fingerprint density at radius 2 is 1.76 bits per heavy atom. The zero-order chi connectivity index (χ0) is 14.7. The highest BCUT2D eigenvalue weighted by molar-refractivity contribution is 5.88. The lowest BCUT2D eigenvalue weighted by molar-refractivity contribution is 0.325. The van der Waals surface area contributed by atoms with Crippen LogP contribution in [-0.4, -0.2) is 16.6 Å². The largest absolute Gasteiger partial charge is 0.476 e. The molecule has 0 atom stereocenters. The molecule has 0 aliphatic rings. The lowest BCUT2D eigenvalue weighted by Gasteiger charge is -2.11. The SMILES string of the molecule is CCOc1ncnc(Oc2cccc3ccccc23)c1N. The summed E-state index contributed by atoms with van der Waals surface area (Å²) >= 11 is 0. The van der Waals surface area contributed by atoms with E-state index in [1.165, 1.54) is 6.33 Å². The van der Waals surface area contributed by atoms with E-state index in [-0.39, 0.29) is 0 Å². The van der Waals surface area contributed by atoms with E-state index in [9.17, 15) is 0 Å². The van der Waals surface area contributed by atoms with Crippen LogP contribution in [0.2, 0.25) is 0 Å². The Labute approximate surface area is 122 Å². The molecule has 0 radical (unpaired) electrons. The number of hydrogen-bond donors (Lipinski definition) is 1. The zero-order valence-electron chi connectivity index (χ0n) is 11.6. The van der Waals surface area contributed by atoms with Crippen LogP contribution in [0.25, 0.3) is 10.8 Å². The standard InChI is InChI=1S/C16H15N3O2/c1-2-20-15-14(17)16(19-10-18-15)21-13-9-5-7-11-6-3-4-8-12(11)13/h3-10H,2,17H2,1H3. The predicted molar refractivity (Wildman–Crippen MR) is 81.6 cm³/mol. The van der Waals surface area contributed by atoms with E-state index in [1.54, 1.807) is 0 Å². The first-order valence-corrected chi connectivity index (χ1v) is 6.68. The summed E-state index contributed by atoms with van der Waals surface area (Å²) in [4.78, 5) is 8.08. The van der Waals surface area contributed by atoms with E-state index in [2.05, 4.69) is 9.97 Å². The molecule has 3 aromatic rings. The van der Waals surface area contributed by atoms with Crippen LogP contribution in [0.15, 0.2) is 48.8 Å². The van der Waals surface area contributed by atoms with Crippen molar-refractivity contribution in [3.8, 4) is 17.5 Å². The molecule has 0 bridgehead atoms.